The third-order valence-electron chi connectivity index (χ3n) is 6.10. The van der Waals surface area contributed by atoms with Crippen LogP contribution in [0, 0.1) is 17.7 Å². The molecule has 0 aromatic heterocycles. The molecule has 2 aromatic rings. The van der Waals surface area contributed by atoms with Gasteiger partial charge in [0.15, 0.2) is 0 Å². The molecule has 0 radical (unpaired) electrons. The molecule has 1 heterocycles. The van der Waals surface area contributed by atoms with Gasteiger partial charge in [-0.15, -0.1) is 0 Å². The summed E-state index contributed by atoms with van der Waals surface area (Å²) in [6.45, 7) is 3.87. The molecule has 0 bridgehead atoms. The standard InChI is InChI=1S/C26H26FNO/c1-3-5-10-21-17-23-22-11-7-6-9-19(22)16-24(23)26(28(21)25(29)8-4-2)18-12-14-20(27)15-13-18/h6-7,9,11-15,21,26H,3,5,10,16-17H2,1-2H3/t21-,26-/m0/s1. The number of hydrogen-bond acceptors (Lipinski definition) is 1. The van der Waals surface area contributed by atoms with Gasteiger partial charge in [0, 0.05) is 6.04 Å². The van der Waals surface area contributed by atoms with Crippen molar-refractivity contribution in [2.24, 2.45) is 0 Å². The van der Waals surface area contributed by atoms with Gasteiger partial charge in [-0.3, -0.25) is 4.79 Å². The normalized spacial score (nSPS) is 20.0. The van der Waals surface area contributed by atoms with Crippen molar-refractivity contribution in [3.63, 3.8) is 0 Å². The molecule has 2 atom stereocenters. The summed E-state index contributed by atoms with van der Waals surface area (Å²) >= 11 is 0. The van der Waals surface area contributed by atoms with Gasteiger partial charge in [-0.05, 0) is 72.1 Å². The molecular formula is C26H26FNO. The van der Waals surface area contributed by atoms with E-state index in [1.165, 1.54) is 34.4 Å². The zero-order valence-corrected chi connectivity index (χ0v) is 17.0. The predicted octanol–water partition coefficient (Wildman–Crippen LogP) is 5.69. The maximum Gasteiger partial charge on any atom is 0.299 e. The fourth-order valence-electron chi connectivity index (χ4n) is 4.81. The van der Waals surface area contributed by atoms with Gasteiger partial charge in [-0.25, -0.2) is 4.39 Å². The number of amides is 1. The van der Waals surface area contributed by atoms with E-state index in [-0.39, 0.29) is 23.8 Å². The van der Waals surface area contributed by atoms with Crippen molar-refractivity contribution >= 4 is 11.5 Å². The van der Waals surface area contributed by atoms with Crippen LogP contribution in [0.15, 0.2) is 54.1 Å². The van der Waals surface area contributed by atoms with Crippen LogP contribution in [0.1, 0.15) is 62.3 Å². The minimum Gasteiger partial charge on any atom is -0.318 e. The number of carbonyl (C=O) groups is 1. The van der Waals surface area contributed by atoms with Crippen molar-refractivity contribution in [2.45, 2.75) is 58.0 Å². The fourth-order valence-corrected chi connectivity index (χ4v) is 4.81. The van der Waals surface area contributed by atoms with E-state index < -0.39 is 0 Å². The number of hydrogen-bond donors (Lipinski definition) is 0. The highest BCUT2D eigenvalue weighted by molar-refractivity contribution is 5.95. The minimum absolute atomic E-state index is 0.100. The van der Waals surface area contributed by atoms with Gasteiger partial charge in [0.2, 0.25) is 0 Å². The molecule has 4 rings (SSSR count). The van der Waals surface area contributed by atoms with Gasteiger partial charge < -0.3 is 4.90 Å². The molecule has 0 unspecified atom stereocenters. The van der Waals surface area contributed by atoms with Crippen LogP contribution in [0.25, 0.3) is 5.57 Å². The maximum absolute atomic E-state index is 13.6. The van der Waals surface area contributed by atoms with Gasteiger partial charge >= 0.3 is 0 Å². The first-order chi connectivity index (χ1) is 14.1. The van der Waals surface area contributed by atoms with Crippen molar-refractivity contribution in [1.29, 1.82) is 0 Å². The van der Waals surface area contributed by atoms with Crippen LogP contribution in [0.4, 0.5) is 4.39 Å². The van der Waals surface area contributed by atoms with Crippen LogP contribution < -0.4 is 0 Å². The summed E-state index contributed by atoms with van der Waals surface area (Å²) in [6, 6.07) is 15.0. The Kier molecular flexibility index (Phi) is 5.53. The molecule has 1 aliphatic heterocycles. The first-order valence-corrected chi connectivity index (χ1v) is 10.4. The smallest absolute Gasteiger partial charge is 0.299 e. The average molecular weight is 387 g/mol. The second kappa shape index (κ2) is 8.25. The van der Waals surface area contributed by atoms with Crippen LogP contribution in [-0.2, 0) is 11.2 Å². The molecule has 1 aliphatic carbocycles. The molecule has 2 nitrogen and oxygen atoms in total. The number of halogens is 1. The van der Waals surface area contributed by atoms with Crippen LogP contribution in [0.2, 0.25) is 0 Å². The summed E-state index contributed by atoms with van der Waals surface area (Å²) in [7, 11) is 0. The van der Waals surface area contributed by atoms with E-state index >= 15 is 0 Å². The molecular weight excluding hydrogens is 361 g/mol. The molecule has 0 saturated heterocycles. The van der Waals surface area contributed by atoms with Crippen molar-refractivity contribution in [3.05, 3.63) is 76.6 Å². The Balaban J connectivity index is 1.86. The highest BCUT2D eigenvalue weighted by Crippen LogP contribution is 2.49. The number of unbranched alkanes of at least 4 members (excludes halogenated alkanes) is 1. The van der Waals surface area contributed by atoms with Crippen molar-refractivity contribution in [3.8, 4) is 11.8 Å². The molecule has 0 spiro atoms. The quantitative estimate of drug-likeness (QED) is 0.617. The summed E-state index contributed by atoms with van der Waals surface area (Å²) in [5, 5.41) is 0. The molecule has 2 aliphatic rings. The SMILES string of the molecule is CC#CC(=O)N1[C@@H](CCCC)CC2=C(Cc3ccccc32)[C@@H]1c1ccc(F)cc1. The lowest BCUT2D eigenvalue weighted by molar-refractivity contribution is -0.129. The van der Waals surface area contributed by atoms with E-state index in [9.17, 15) is 9.18 Å². The first-order valence-electron chi connectivity index (χ1n) is 10.4. The molecule has 148 valence electrons. The van der Waals surface area contributed by atoms with Gasteiger partial charge in [0.05, 0.1) is 6.04 Å². The Labute approximate surface area is 172 Å². The second-order valence-corrected chi connectivity index (χ2v) is 7.88. The fraction of sp³-hybridized carbons (Fsp3) is 0.346. The van der Waals surface area contributed by atoms with Crippen LogP contribution in [0.5, 0.6) is 0 Å². The van der Waals surface area contributed by atoms with Crippen LogP contribution >= 0.6 is 0 Å². The van der Waals surface area contributed by atoms with Crippen molar-refractivity contribution in [1.82, 2.24) is 4.90 Å². The molecule has 1 amide bonds. The number of nitrogens with zero attached hydrogens (tertiary/aromatic N) is 1. The number of rotatable bonds is 4. The highest BCUT2D eigenvalue weighted by Gasteiger charge is 2.41. The average Bonchev–Trinajstić information content (AvgIpc) is 3.10. The largest absolute Gasteiger partial charge is 0.318 e. The number of fused-ring (bicyclic) bond motifs is 2. The van der Waals surface area contributed by atoms with E-state index in [1.54, 1.807) is 6.92 Å². The lowest BCUT2D eigenvalue weighted by Gasteiger charge is -2.43. The van der Waals surface area contributed by atoms with Gasteiger partial charge in [0.1, 0.15) is 5.82 Å². The Morgan fingerprint density at radius 1 is 1.17 bits per heavy atom. The number of carbonyl (C=O) groups excluding carboxylic acids is 1. The second-order valence-electron chi connectivity index (χ2n) is 7.88. The maximum atomic E-state index is 13.6. The van der Waals surface area contributed by atoms with E-state index in [0.717, 1.165) is 37.7 Å². The van der Waals surface area contributed by atoms with E-state index in [1.807, 2.05) is 17.0 Å². The first kappa shape index (κ1) is 19.5. The third-order valence-corrected chi connectivity index (χ3v) is 6.10. The summed E-state index contributed by atoms with van der Waals surface area (Å²) in [5.41, 5.74) is 6.21. The zero-order valence-electron chi connectivity index (χ0n) is 17.0. The Morgan fingerprint density at radius 3 is 2.66 bits per heavy atom. The Morgan fingerprint density at radius 2 is 1.93 bits per heavy atom. The van der Waals surface area contributed by atoms with Gasteiger partial charge in [-0.2, -0.15) is 0 Å². The molecule has 29 heavy (non-hydrogen) atoms. The van der Waals surface area contributed by atoms with Crippen molar-refractivity contribution < 1.29 is 9.18 Å². The third kappa shape index (κ3) is 3.60. The monoisotopic (exact) mass is 387 g/mol. The van der Waals surface area contributed by atoms with E-state index in [4.69, 9.17) is 0 Å². The summed E-state index contributed by atoms with van der Waals surface area (Å²) < 4.78 is 13.6. The number of benzene rings is 2. The van der Waals surface area contributed by atoms with Gasteiger partial charge in [0.25, 0.3) is 5.91 Å². The minimum atomic E-state index is -0.262. The van der Waals surface area contributed by atoms with E-state index in [0.29, 0.717) is 0 Å². The molecule has 3 heteroatoms. The molecule has 2 aromatic carbocycles. The lowest BCUT2D eigenvalue weighted by Crippen LogP contribution is -2.46. The Bertz CT molecular complexity index is 1010. The summed E-state index contributed by atoms with van der Waals surface area (Å²) in [5.74, 6) is 5.16. The summed E-state index contributed by atoms with van der Waals surface area (Å²) in [4.78, 5) is 15.1. The highest BCUT2D eigenvalue weighted by atomic mass is 19.1. The zero-order chi connectivity index (χ0) is 20.4. The topological polar surface area (TPSA) is 20.3 Å². The van der Waals surface area contributed by atoms with Crippen LogP contribution in [-0.4, -0.2) is 16.8 Å². The molecule has 0 N–H and O–H groups in total. The molecule has 0 fully saturated rings. The van der Waals surface area contributed by atoms with E-state index in [2.05, 4.69) is 43.0 Å². The van der Waals surface area contributed by atoms with Gasteiger partial charge in [-0.1, -0.05) is 62.1 Å². The molecule has 0 saturated carbocycles. The lowest BCUT2D eigenvalue weighted by atomic mass is 9.83. The Hall–Kier alpha value is -2.86. The predicted molar refractivity (Wildman–Crippen MR) is 114 cm³/mol. The van der Waals surface area contributed by atoms with Crippen molar-refractivity contribution in [2.75, 3.05) is 0 Å². The summed E-state index contributed by atoms with van der Waals surface area (Å²) in [6.07, 6.45) is 4.79. The van der Waals surface area contributed by atoms with Crippen LogP contribution in [0.3, 0.4) is 0 Å².